The maximum atomic E-state index is 10.9. The van der Waals surface area contributed by atoms with E-state index < -0.39 is 5.91 Å². The van der Waals surface area contributed by atoms with Crippen LogP contribution in [0.1, 0.15) is 33.1 Å². The van der Waals surface area contributed by atoms with E-state index in [0.717, 1.165) is 12.8 Å². The number of nitrogens with zero attached hydrogens (tertiary/aromatic N) is 1. The Kier molecular flexibility index (Phi) is 7.85. The number of carbonyl (C=O) groups excluding carboxylic acids is 1. The van der Waals surface area contributed by atoms with E-state index in [4.69, 9.17) is 10.5 Å². The smallest absolute Gasteiger partial charge is 0.263 e. The Morgan fingerprint density at radius 1 is 1.50 bits per heavy atom. The van der Waals surface area contributed by atoms with Gasteiger partial charge in [0.25, 0.3) is 5.91 Å². The van der Waals surface area contributed by atoms with Crippen molar-refractivity contribution < 1.29 is 9.53 Å². The number of carbonyl (C=O) groups is 1. The molecule has 0 aliphatic rings. The average Bonchev–Trinajstić information content (AvgIpc) is 2.27. The number of allylic oxidation sites excluding steroid dienone is 1. The van der Waals surface area contributed by atoms with E-state index in [9.17, 15) is 4.79 Å². The molecule has 16 heavy (non-hydrogen) atoms. The van der Waals surface area contributed by atoms with Crippen LogP contribution in [-0.2, 0) is 9.53 Å². The van der Waals surface area contributed by atoms with Gasteiger partial charge >= 0.3 is 0 Å². The summed E-state index contributed by atoms with van der Waals surface area (Å²) in [5, 5.41) is 0. The molecule has 0 saturated heterocycles. The summed E-state index contributed by atoms with van der Waals surface area (Å²) >= 11 is 0. The molecule has 2 N–H and O–H groups in total. The zero-order valence-electron chi connectivity index (χ0n) is 10.0. The van der Waals surface area contributed by atoms with Crippen molar-refractivity contribution >= 4 is 11.6 Å². The van der Waals surface area contributed by atoms with Gasteiger partial charge in [0.1, 0.15) is 11.5 Å². The van der Waals surface area contributed by atoms with Crippen molar-refractivity contribution in [3.8, 4) is 0 Å². The third kappa shape index (κ3) is 6.01. The molecule has 1 amide bonds. The molecule has 0 aliphatic carbocycles. The Bertz CT molecular complexity index is 293. The van der Waals surface area contributed by atoms with Crippen molar-refractivity contribution in [1.29, 1.82) is 0 Å². The summed E-state index contributed by atoms with van der Waals surface area (Å²) in [6.45, 7) is 8.14. The van der Waals surface area contributed by atoms with Crippen LogP contribution in [0.25, 0.3) is 0 Å². The van der Waals surface area contributed by atoms with E-state index in [1.165, 1.54) is 6.20 Å². The van der Waals surface area contributed by atoms with Crippen molar-refractivity contribution in [2.45, 2.75) is 33.1 Å². The van der Waals surface area contributed by atoms with Crippen LogP contribution in [0.5, 0.6) is 0 Å². The lowest BCUT2D eigenvalue weighted by atomic mass is 10.3. The molecule has 90 valence electrons. The Balaban J connectivity index is 4.44. The van der Waals surface area contributed by atoms with Gasteiger partial charge in [-0.05, 0) is 18.9 Å². The summed E-state index contributed by atoms with van der Waals surface area (Å²) in [6, 6.07) is 0. The fourth-order valence-corrected chi connectivity index (χ4v) is 0.954. The van der Waals surface area contributed by atoms with E-state index in [1.807, 2.05) is 6.92 Å². The fourth-order valence-electron chi connectivity index (χ4n) is 0.954. The second-order valence-electron chi connectivity index (χ2n) is 3.23. The first-order chi connectivity index (χ1) is 7.65. The number of unbranched alkanes of at least 4 members (excludes halogenated alkanes) is 1. The quantitative estimate of drug-likeness (QED) is 0.297. The van der Waals surface area contributed by atoms with Gasteiger partial charge in [0, 0.05) is 0 Å². The second kappa shape index (κ2) is 8.71. The van der Waals surface area contributed by atoms with Crippen LogP contribution < -0.4 is 5.73 Å². The van der Waals surface area contributed by atoms with Gasteiger partial charge in [0.15, 0.2) is 0 Å². The number of amides is 1. The molecule has 0 heterocycles. The van der Waals surface area contributed by atoms with Crippen LogP contribution in [0.2, 0.25) is 0 Å². The Labute approximate surface area is 96.9 Å². The molecule has 0 saturated carbocycles. The van der Waals surface area contributed by atoms with Gasteiger partial charge in [-0.25, -0.2) is 0 Å². The van der Waals surface area contributed by atoms with E-state index in [1.54, 1.807) is 6.08 Å². The molecule has 0 aromatic heterocycles. The molecule has 0 radical (unpaired) electrons. The highest BCUT2D eigenvalue weighted by atomic mass is 16.5. The number of aliphatic imine (C=N–C) groups is 1. The molecule has 0 aromatic carbocycles. The molecule has 0 rings (SSSR count). The SMILES string of the molecule is C=C/C(=C\N=C(CC)C(N)=O)OCCCC. The first kappa shape index (κ1) is 14.4. The van der Waals surface area contributed by atoms with Crippen LogP contribution in [0.3, 0.4) is 0 Å². The van der Waals surface area contributed by atoms with Crippen LogP contribution in [0, 0.1) is 0 Å². The third-order valence-electron chi connectivity index (χ3n) is 1.93. The zero-order chi connectivity index (χ0) is 12.4. The lowest BCUT2D eigenvalue weighted by Crippen LogP contribution is -2.22. The average molecular weight is 224 g/mol. The minimum Gasteiger partial charge on any atom is -0.492 e. The second-order valence-corrected chi connectivity index (χ2v) is 3.23. The maximum Gasteiger partial charge on any atom is 0.263 e. The first-order valence-electron chi connectivity index (χ1n) is 5.47. The highest BCUT2D eigenvalue weighted by Crippen LogP contribution is 2.02. The van der Waals surface area contributed by atoms with E-state index >= 15 is 0 Å². The lowest BCUT2D eigenvalue weighted by Gasteiger charge is -2.04. The van der Waals surface area contributed by atoms with Crippen molar-refractivity contribution in [1.82, 2.24) is 0 Å². The van der Waals surface area contributed by atoms with Crippen LogP contribution in [0.4, 0.5) is 0 Å². The number of primary amides is 1. The van der Waals surface area contributed by atoms with Gasteiger partial charge in [-0.15, -0.1) is 0 Å². The van der Waals surface area contributed by atoms with Gasteiger partial charge in [0.2, 0.25) is 0 Å². The number of hydrogen-bond donors (Lipinski definition) is 1. The van der Waals surface area contributed by atoms with E-state index in [-0.39, 0.29) is 0 Å². The minimum atomic E-state index is -0.504. The standard InChI is InChI=1S/C12H20N2O2/c1-4-7-8-16-10(5-2)9-14-11(6-3)12(13)15/h5,9H,2,4,6-8H2,1,3H3,(H2,13,15)/b10-9+,14-11?. The molecule has 0 bridgehead atoms. The van der Waals surface area contributed by atoms with Crippen molar-refractivity contribution in [2.75, 3.05) is 6.61 Å². The first-order valence-corrected chi connectivity index (χ1v) is 5.47. The van der Waals surface area contributed by atoms with Crippen molar-refractivity contribution in [3.05, 3.63) is 24.6 Å². The zero-order valence-corrected chi connectivity index (χ0v) is 10.0. The molecule has 0 aromatic rings. The Morgan fingerprint density at radius 3 is 2.62 bits per heavy atom. The van der Waals surface area contributed by atoms with Gasteiger partial charge in [-0.1, -0.05) is 26.8 Å². The Hall–Kier alpha value is -1.58. The molecule has 0 fully saturated rings. The molecule has 0 aliphatic heterocycles. The number of ether oxygens (including phenoxy) is 1. The summed E-state index contributed by atoms with van der Waals surface area (Å²) < 4.78 is 5.39. The van der Waals surface area contributed by atoms with Gasteiger partial charge in [-0.2, -0.15) is 0 Å². The van der Waals surface area contributed by atoms with Gasteiger partial charge in [-0.3, -0.25) is 9.79 Å². The molecular formula is C12H20N2O2. The predicted octanol–water partition coefficient (Wildman–Crippen LogP) is 2.17. The van der Waals surface area contributed by atoms with Crippen LogP contribution in [0.15, 0.2) is 29.6 Å². The predicted molar refractivity (Wildman–Crippen MR) is 66.1 cm³/mol. The molecule has 0 atom stereocenters. The molecule has 0 unspecified atom stereocenters. The van der Waals surface area contributed by atoms with Crippen LogP contribution >= 0.6 is 0 Å². The molecule has 4 heteroatoms. The van der Waals surface area contributed by atoms with Gasteiger partial charge < -0.3 is 10.5 Å². The maximum absolute atomic E-state index is 10.9. The summed E-state index contributed by atoms with van der Waals surface area (Å²) in [5.41, 5.74) is 5.46. The van der Waals surface area contributed by atoms with Crippen molar-refractivity contribution in [3.63, 3.8) is 0 Å². The number of nitrogens with two attached hydrogens (primary N) is 1. The van der Waals surface area contributed by atoms with E-state index in [2.05, 4.69) is 18.5 Å². The summed E-state index contributed by atoms with van der Waals surface area (Å²) in [4.78, 5) is 14.9. The largest absolute Gasteiger partial charge is 0.492 e. The Morgan fingerprint density at radius 2 is 2.19 bits per heavy atom. The summed E-state index contributed by atoms with van der Waals surface area (Å²) in [5.74, 6) is 0.0522. The summed E-state index contributed by atoms with van der Waals surface area (Å²) in [6.07, 6.45) is 5.59. The summed E-state index contributed by atoms with van der Waals surface area (Å²) in [7, 11) is 0. The number of hydrogen-bond acceptors (Lipinski definition) is 3. The van der Waals surface area contributed by atoms with Gasteiger partial charge in [0.05, 0.1) is 12.8 Å². The number of rotatable bonds is 8. The minimum absolute atomic E-state index is 0.332. The van der Waals surface area contributed by atoms with E-state index in [0.29, 0.717) is 24.5 Å². The molecule has 0 spiro atoms. The third-order valence-corrected chi connectivity index (χ3v) is 1.93. The highest BCUT2D eigenvalue weighted by Gasteiger charge is 2.02. The normalized spacial score (nSPS) is 12.4. The lowest BCUT2D eigenvalue weighted by molar-refractivity contribution is -0.112. The highest BCUT2D eigenvalue weighted by molar-refractivity contribution is 6.38. The topological polar surface area (TPSA) is 64.7 Å². The monoisotopic (exact) mass is 224 g/mol. The fraction of sp³-hybridized carbons (Fsp3) is 0.500. The molecule has 4 nitrogen and oxygen atoms in total. The van der Waals surface area contributed by atoms with Crippen molar-refractivity contribution in [2.24, 2.45) is 10.7 Å². The molecular weight excluding hydrogens is 204 g/mol. The van der Waals surface area contributed by atoms with Crippen LogP contribution in [-0.4, -0.2) is 18.2 Å².